The number of hydrazone groups is 1. The Balaban J connectivity index is 1.42. The Kier molecular flexibility index (Phi) is 7.58. The van der Waals surface area contributed by atoms with Gasteiger partial charge in [0.25, 0.3) is 0 Å². The maximum atomic E-state index is 14.4. The molecule has 0 amide bonds. The first-order valence-electron chi connectivity index (χ1n) is 12.6. The van der Waals surface area contributed by atoms with Crippen LogP contribution in [0.1, 0.15) is 64.1 Å². The first kappa shape index (κ1) is 27.7. The number of alkyl halides is 3. The summed E-state index contributed by atoms with van der Waals surface area (Å²) in [6.07, 6.45) is -1.79. The quantitative estimate of drug-likeness (QED) is 0.416. The molecule has 1 aliphatic carbocycles. The average molecular weight is 537 g/mol. The van der Waals surface area contributed by atoms with Gasteiger partial charge in [0, 0.05) is 24.8 Å². The molecule has 2 aromatic rings. The molecule has 1 aliphatic heterocycles. The summed E-state index contributed by atoms with van der Waals surface area (Å²) >= 11 is 0. The van der Waals surface area contributed by atoms with E-state index in [4.69, 9.17) is 4.74 Å². The van der Waals surface area contributed by atoms with E-state index in [-0.39, 0.29) is 43.8 Å². The van der Waals surface area contributed by atoms with Gasteiger partial charge in [0.15, 0.2) is 11.6 Å². The molecule has 1 unspecified atom stereocenters. The number of carboxylic acids is 1. The lowest BCUT2D eigenvalue weighted by molar-refractivity contribution is -0.152. The highest BCUT2D eigenvalue weighted by molar-refractivity contribution is 5.75. The number of hydrogen-bond donors (Lipinski definition) is 2. The van der Waals surface area contributed by atoms with Crippen LogP contribution in [-0.4, -0.2) is 45.1 Å². The largest absolute Gasteiger partial charge is 0.487 e. The average Bonchev–Trinajstić information content (AvgIpc) is 3.30. The van der Waals surface area contributed by atoms with Crippen LogP contribution >= 0.6 is 0 Å². The first-order chi connectivity index (χ1) is 17.8. The van der Waals surface area contributed by atoms with Crippen LogP contribution in [0, 0.1) is 11.2 Å². The van der Waals surface area contributed by atoms with E-state index < -0.39 is 40.8 Å². The highest BCUT2D eigenvalue weighted by atomic mass is 19.4. The van der Waals surface area contributed by atoms with Gasteiger partial charge in [0.05, 0.1) is 22.6 Å². The number of halogens is 4. The van der Waals surface area contributed by atoms with Gasteiger partial charge >= 0.3 is 12.1 Å². The Morgan fingerprint density at radius 2 is 1.84 bits per heavy atom. The second kappa shape index (κ2) is 10.4. The normalized spacial score (nSPS) is 23.9. The van der Waals surface area contributed by atoms with Crippen molar-refractivity contribution in [3.05, 3.63) is 53.5 Å². The minimum absolute atomic E-state index is 0.0741. The third-order valence-electron chi connectivity index (χ3n) is 7.06. The number of anilines is 1. The van der Waals surface area contributed by atoms with E-state index in [1.54, 1.807) is 6.07 Å². The molecule has 2 N–H and O–H groups in total. The molecule has 1 saturated carbocycles. The zero-order valence-corrected chi connectivity index (χ0v) is 21.6. The maximum absolute atomic E-state index is 14.4. The van der Waals surface area contributed by atoms with Gasteiger partial charge in [-0.25, -0.2) is 9.37 Å². The zero-order valence-electron chi connectivity index (χ0n) is 21.6. The Labute approximate surface area is 218 Å². The Morgan fingerprint density at radius 1 is 1.16 bits per heavy atom. The Bertz CT molecular complexity index is 1190. The number of rotatable bonds is 7. The van der Waals surface area contributed by atoms with E-state index in [0.29, 0.717) is 24.0 Å². The van der Waals surface area contributed by atoms with Crippen molar-refractivity contribution in [1.29, 1.82) is 0 Å². The van der Waals surface area contributed by atoms with Gasteiger partial charge in [-0.3, -0.25) is 9.80 Å². The van der Waals surface area contributed by atoms with Gasteiger partial charge in [-0.1, -0.05) is 12.1 Å². The molecular formula is C27H32F4N4O3. The van der Waals surface area contributed by atoms with E-state index >= 15 is 0 Å². The lowest BCUT2D eigenvalue weighted by Gasteiger charge is -2.37. The molecule has 4 rings (SSSR count). The van der Waals surface area contributed by atoms with Crippen LogP contribution < -0.4 is 10.1 Å². The van der Waals surface area contributed by atoms with E-state index in [1.165, 1.54) is 0 Å². The first-order valence-corrected chi connectivity index (χ1v) is 12.6. The molecule has 0 bridgehead atoms. The van der Waals surface area contributed by atoms with Crippen LogP contribution in [0.4, 0.5) is 23.4 Å². The van der Waals surface area contributed by atoms with Crippen LogP contribution in [-0.2, 0) is 17.4 Å². The minimum atomic E-state index is -4.83. The molecule has 1 aromatic carbocycles. The van der Waals surface area contributed by atoms with Gasteiger partial charge in [-0.15, -0.1) is 0 Å². The number of nitrogens with one attached hydrogen (secondary N) is 1. The number of nitrogens with zero attached hydrogens (tertiary/aromatic N) is 3. The molecule has 1 atom stereocenters. The van der Waals surface area contributed by atoms with Crippen molar-refractivity contribution < 1.29 is 32.2 Å². The number of hydrogen-bond acceptors (Lipinski definition) is 6. The molecule has 2 heterocycles. The number of carbonyl (C=O) groups is 1. The van der Waals surface area contributed by atoms with E-state index in [2.05, 4.69) is 36.2 Å². The number of ether oxygens (including phenoxy) is 1. The molecule has 0 saturated heterocycles. The fourth-order valence-electron chi connectivity index (χ4n) is 5.08. The predicted octanol–water partition coefficient (Wildman–Crippen LogP) is 6.10. The third kappa shape index (κ3) is 6.02. The fraction of sp³-hybridized carbons (Fsp3) is 0.519. The van der Waals surface area contributed by atoms with Crippen molar-refractivity contribution >= 4 is 18.0 Å². The third-order valence-corrected chi connectivity index (χ3v) is 7.06. The summed E-state index contributed by atoms with van der Waals surface area (Å²) in [5.74, 6) is -2.29. The highest BCUT2D eigenvalue weighted by Crippen LogP contribution is 2.42. The lowest BCUT2D eigenvalue weighted by atomic mass is 9.70. The Morgan fingerprint density at radius 3 is 2.47 bits per heavy atom. The molecule has 0 radical (unpaired) electrons. The van der Waals surface area contributed by atoms with Crippen LogP contribution in [0.15, 0.2) is 41.5 Å². The van der Waals surface area contributed by atoms with Crippen LogP contribution in [0.3, 0.4) is 0 Å². The summed E-state index contributed by atoms with van der Waals surface area (Å²) in [5.41, 5.74) is -2.07. The summed E-state index contributed by atoms with van der Waals surface area (Å²) in [6, 6.07) is 8.34. The zero-order chi connectivity index (χ0) is 27.7. The highest BCUT2D eigenvalue weighted by Gasteiger charge is 2.43. The number of benzene rings is 1. The monoisotopic (exact) mass is 536 g/mol. The summed E-state index contributed by atoms with van der Waals surface area (Å²) in [5, 5.41) is 19.9. The number of aromatic nitrogens is 1. The molecule has 11 heteroatoms. The minimum Gasteiger partial charge on any atom is -0.487 e. The molecule has 1 aromatic heterocycles. The fourth-order valence-corrected chi connectivity index (χ4v) is 5.08. The molecule has 0 spiro atoms. The van der Waals surface area contributed by atoms with Crippen LogP contribution in [0.2, 0.25) is 0 Å². The summed E-state index contributed by atoms with van der Waals surface area (Å²) in [7, 11) is 0. The predicted molar refractivity (Wildman–Crippen MR) is 134 cm³/mol. The van der Waals surface area contributed by atoms with Gasteiger partial charge < -0.3 is 15.2 Å². The maximum Gasteiger partial charge on any atom is 0.419 e. The van der Waals surface area contributed by atoms with Crippen LogP contribution in [0.5, 0.6) is 5.75 Å². The number of carboxylic acid groups (broad SMARTS) is 1. The van der Waals surface area contributed by atoms with Gasteiger partial charge in [0.1, 0.15) is 12.0 Å². The summed E-state index contributed by atoms with van der Waals surface area (Å²) in [4.78, 5) is 17.0. The Hall–Kier alpha value is -3.37. The van der Waals surface area contributed by atoms with Crippen molar-refractivity contribution in [2.75, 3.05) is 5.32 Å². The van der Waals surface area contributed by atoms with Crippen LogP contribution in [0.25, 0.3) is 0 Å². The molecule has 7 nitrogen and oxygen atoms in total. The van der Waals surface area contributed by atoms with Crippen molar-refractivity contribution in [2.45, 2.75) is 83.3 Å². The molecule has 2 aliphatic rings. The van der Waals surface area contributed by atoms with E-state index in [1.807, 2.05) is 23.4 Å². The van der Waals surface area contributed by atoms with Crippen molar-refractivity contribution in [2.24, 2.45) is 10.5 Å². The SMILES string of the molecule is CC(C)(C)N1N=CCC1Nc1cccc(CC2(C(=O)O)CCC(Oc3cccc(C(F)(F)F)c3F)CC2)n1. The van der Waals surface area contributed by atoms with E-state index in [9.17, 15) is 27.5 Å². The van der Waals surface area contributed by atoms with Gasteiger partial charge in [-0.2, -0.15) is 18.3 Å². The van der Waals surface area contributed by atoms with E-state index in [0.717, 1.165) is 12.1 Å². The molecule has 38 heavy (non-hydrogen) atoms. The molecule has 206 valence electrons. The van der Waals surface area contributed by atoms with Gasteiger partial charge in [0.2, 0.25) is 0 Å². The molecular weight excluding hydrogens is 504 g/mol. The lowest BCUT2D eigenvalue weighted by Crippen LogP contribution is -2.45. The second-order valence-electron chi connectivity index (χ2n) is 10.9. The smallest absolute Gasteiger partial charge is 0.419 e. The standard InChI is InChI=1S/C27H32F4N4O3/c1-25(2,3)35-22(12-15-32-35)34-21-9-4-6-17(33-21)16-26(24(36)37)13-10-18(11-14-26)38-20-8-5-7-19(23(20)28)27(29,30)31/h4-9,15,18,22H,10-14,16H2,1-3H3,(H,33,34)(H,36,37). The second-order valence-corrected chi connectivity index (χ2v) is 10.9. The summed E-state index contributed by atoms with van der Waals surface area (Å²) in [6.45, 7) is 6.19. The van der Waals surface area contributed by atoms with Crippen molar-refractivity contribution in [3.63, 3.8) is 0 Å². The van der Waals surface area contributed by atoms with Gasteiger partial charge in [-0.05, 0) is 70.7 Å². The topological polar surface area (TPSA) is 87.1 Å². The summed E-state index contributed by atoms with van der Waals surface area (Å²) < 4.78 is 59.1. The number of aliphatic carboxylic acids is 1. The molecule has 1 fully saturated rings. The number of pyridine rings is 1. The van der Waals surface area contributed by atoms with Crippen molar-refractivity contribution in [3.8, 4) is 5.75 Å². The van der Waals surface area contributed by atoms with Crippen molar-refractivity contribution in [1.82, 2.24) is 9.99 Å².